The summed E-state index contributed by atoms with van der Waals surface area (Å²) in [7, 11) is 1.14. The second-order valence-electron chi connectivity index (χ2n) is 3.14. The molecule has 0 saturated heterocycles. The van der Waals surface area contributed by atoms with Crippen LogP contribution in [0.4, 0.5) is 14.5 Å². The van der Waals surface area contributed by atoms with E-state index >= 15 is 0 Å². The minimum absolute atomic E-state index is 0.0328. The lowest BCUT2D eigenvalue weighted by atomic mass is 10.2. The average molecular weight is 325 g/mol. The highest BCUT2D eigenvalue weighted by atomic mass is 79.9. The van der Waals surface area contributed by atoms with Crippen molar-refractivity contribution in [2.75, 3.05) is 7.11 Å². The maximum absolute atomic E-state index is 12.7. The highest BCUT2D eigenvalue weighted by molar-refractivity contribution is 9.10. The van der Waals surface area contributed by atoms with Crippen molar-refractivity contribution in [3.63, 3.8) is 0 Å². The van der Waals surface area contributed by atoms with E-state index in [2.05, 4.69) is 25.7 Å². The Morgan fingerprint density at radius 3 is 2.72 bits per heavy atom. The van der Waals surface area contributed by atoms with Gasteiger partial charge in [0.15, 0.2) is 5.69 Å². The van der Waals surface area contributed by atoms with Crippen LogP contribution in [-0.4, -0.2) is 23.0 Å². The third kappa shape index (κ3) is 3.19. The summed E-state index contributed by atoms with van der Waals surface area (Å²) in [5, 5.41) is 10.6. The smallest absolute Gasteiger partial charge is 0.311 e. The van der Waals surface area contributed by atoms with Crippen molar-refractivity contribution in [3.8, 4) is 0 Å². The molecule has 1 rings (SSSR count). The number of methoxy groups -OCH3 is 1. The van der Waals surface area contributed by atoms with Crippen molar-refractivity contribution in [2.45, 2.75) is 12.8 Å². The molecule has 0 aliphatic carbocycles. The fourth-order valence-electron chi connectivity index (χ4n) is 1.22. The predicted octanol–water partition coefficient (Wildman–Crippen LogP) is 2.41. The van der Waals surface area contributed by atoms with Gasteiger partial charge >= 0.3 is 11.7 Å². The molecule has 6 nitrogen and oxygen atoms in total. The topological polar surface area (TPSA) is 82.3 Å². The highest BCUT2D eigenvalue weighted by Gasteiger charge is 2.28. The molecule has 0 bridgehead atoms. The molecule has 0 radical (unpaired) electrons. The van der Waals surface area contributed by atoms with E-state index in [1.165, 1.54) is 0 Å². The van der Waals surface area contributed by atoms with E-state index in [1.54, 1.807) is 0 Å². The van der Waals surface area contributed by atoms with Gasteiger partial charge in [0.25, 0.3) is 6.43 Å². The Kier molecular flexibility index (Phi) is 4.65. The summed E-state index contributed by atoms with van der Waals surface area (Å²) in [6.07, 6.45) is -3.45. The highest BCUT2D eigenvalue weighted by Crippen LogP contribution is 2.34. The molecule has 18 heavy (non-hydrogen) atoms. The van der Waals surface area contributed by atoms with Gasteiger partial charge < -0.3 is 4.74 Å². The van der Waals surface area contributed by atoms with Crippen LogP contribution in [0, 0.1) is 10.1 Å². The predicted molar refractivity (Wildman–Crippen MR) is 59.3 cm³/mol. The Balaban J connectivity index is 3.27. The summed E-state index contributed by atoms with van der Waals surface area (Å²) in [6, 6.07) is 1.14. The van der Waals surface area contributed by atoms with Crippen LogP contribution in [0.1, 0.15) is 17.8 Å². The van der Waals surface area contributed by atoms with Gasteiger partial charge in [-0.2, -0.15) is 0 Å². The molecule has 0 spiro atoms. The van der Waals surface area contributed by atoms with E-state index in [0.717, 1.165) is 13.2 Å². The number of ether oxygens (including phenoxy) is 1. The Labute approximate surface area is 108 Å². The molecule has 0 N–H and O–H groups in total. The van der Waals surface area contributed by atoms with Crippen molar-refractivity contribution in [2.24, 2.45) is 0 Å². The van der Waals surface area contributed by atoms with Crippen LogP contribution < -0.4 is 0 Å². The molecule has 0 atom stereocenters. The van der Waals surface area contributed by atoms with E-state index in [4.69, 9.17) is 0 Å². The molecule has 1 aromatic rings. The van der Waals surface area contributed by atoms with E-state index in [0.29, 0.717) is 0 Å². The lowest BCUT2D eigenvalue weighted by Crippen LogP contribution is -2.09. The number of nitro groups is 1. The third-order valence-electron chi connectivity index (χ3n) is 1.97. The number of esters is 1. The van der Waals surface area contributed by atoms with Gasteiger partial charge in [-0.25, -0.2) is 13.8 Å². The number of nitrogens with zero attached hydrogens (tertiary/aromatic N) is 2. The van der Waals surface area contributed by atoms with Gasteiger partial charge in [0.2, 0.25) is 0 Å². The zero-order valence-electron chi connectivity index (χ0n) is 9.02. The molecule has 0 aliphatic heterocycles. The number of alkyl halides is 2. The number of pyridine rings is 1. The maximum atomic E-state index is 12.7. The van der Waals surface area contributed by atoms with Crippen LogP contribution in [0.5, 0.6) is 0 Å². The quantitative estimate of drug-likeness (QED) is 0.482. The van der Waals surface area contributed by atoms with Gasteiger partial charge in [0.05, 0.1) is 28.6 Å². The van der Waals surface area contributed by atoms with Crippen LogP contribution >= 0.6 is 15.9 Å². The molecule has 9 heteroatoms. The van der Waals surface area contributed by atoms with Gasteiger partial charge in [-0.15, -0.1) is 0 Å². The van der Waals surface area contributed by atoms with E-state index < -0.39 is 28.7 Å². The fraction of sp³-hybridized carbons (Fsp3) is 0.333. The van der Waals surface area contributed by atoms with E-state index in [9.17, 15) is 23.7 Å². The van der Waals surface area contributed by atoms with E-state index in [1.807, 2.05) is 0 Å². The number of halogens is 3. The fourth-order valence-corrected chi connectivity index (χ4v) is 1.83. The summed E-state index contributed by atoms with van der Waals surface area (Å²) >= 11 is 2.81. The van der Waals surface area contributed by atoms with Crippen molar-refractivity contribution in [1.29, 1.82) is 0 Å². The van der Waals surface area contributed by atoms with Crippen LogP contribution in [0.25, 0.3) is 0 Å². The molecular formula is C9H7BrF2N2O4. The normalized spacial score (nSPS) is 10.5. The average Bonchev–Trinajstić information content (AvgIpc) is 2.27. The number of rotatable bonds is 4. The second-order valence-corrected chi connectivity index (χ2v) is 3.99. The van der Waals surface area contributed by atoms with Gasteiger partial charge in [0.1, 0.15) is 0 Å². The minimum Gasteiger partial charge on any atom is -0.469 e. The Bertz CT molecular complexity index is 496. The Morgan fingerprint density at radius 2 is 2.28 bits per heavy atom. The SMILES string of the molecule is COC(=O)Cc1cc(Br)c([N+](=O)[O-])c(C(F)F)n1. The molecule has 0 amide bonds. The molecule has 98 valence electrons. The van der Waals surface area contributed by atoms with Crippen LogP contribution in [0.15, 0.2) is 10.5 Å². The summed E-state index contributed by atoms with van der Waals surface area (Å²) in [4.78, 5) is 24.1. The number of hydrogen-bond acceptors (Lipinski definition) is 5. The Hall–Kier alpha value is -1.64. The standard InChI is InChI=1S/C9H7BrF2N2O4/c1-18-6(15)3-4-2-5(10)8(14(16)17)7(13-4)9(11)12/h2,9H,3H2,1H3. The van der Waals surface area contributed by atoms with Gasteiger partial charge in [-0.1, -0.05) is 0 Å². The van der Waals surface area contributed by atoms with Crippen molar-refractivity contribution >= 4 is 27.6 Å². The zero-order valence-corrected chi connectivity index (χ0v) is 10.6. The first-order chi connectivity index (χ1) is 8.36. The number of hydrogen-bond donors (Lipinski definition) is 0. The Morgan fingerprint density at radius 1 is 1.67 bits per heavy atom. The summed E-state index contributed by atoms with van der Waals surface area (Å²) in [5.41, 5.74) is -1.82. The molecule has 0 aromatic carbocycles. The molecule has 1 aromatic heterocycles. The monoisotopic (exact) mass is 324 g/mol. The lowest BCUT2D eigenvalue weighted by molar-refractivity contribution is -0.387. The molecule has 0 aliphatic rings. The lowest BCUT2D eigenvalue weighted by Gasteiger charge is -2.06. The van der Waals surface area contributed by atoms with Crippen LogP contribution in [-0.2, 0) is 16.0 Å². The van der Waals surface area contributed by atoms with Gasteiger partial charge in [0, 0.05) is 0 Å². The van der Waals surface area contributed by atoms with Crippen LogP contribution in [0.2, 0.25) is 0 Å². The molecule has 1 heterocycles. The first-order valence-corrected chi connectivity index (χ1v) is 5.34. The summed E-state index contributed by atoms with van der Waals surface area (Å²) in [5.74, 6) is -0.677. The molecule has 0 fully saturated rings. The molecular weight excluding hydrogens is 318 g/mol. The largest absolute Gasteiger partial charge is 0.469 e. The van der Waals surface area contributed by atoms with Crippen molar-refractivity contribution < 1.29 is 23.2 Å². The minimum atomic E-state index is -3.11. The molecule has 0 unspecified atom stereocenters. The maximum Gasteiger partial charge on any atom is 0.311 e. The molecule has 0 saturated carbocycles. The first-order valence-electron chi connectivity index (χ1n) is 4.55. The summed E-state index contributed by atoms with van der Waals surface area (Å²) in [6.45, 7) is 0. The van der Waals surface area contributed by atoms with Crippen molar-refractivity contribution in [3.05, 3.63) is 32.0 Å². The van der Waals surface area contributed by atoms with Crippen molar-refractivity contribution in [1.82, 2.24) is 4.98 Å². The van der Waals surface area contributed by atoms with Gasteiger partial charge in [-0.3, -0.25) is 14.9 Å². The second kappa shape index (κ2) is 5.80. The first kappa shape index (κ1) is 14.4. The summed E-state index contributed by atoms with van der Waals surface area (Å²) < 4.78 is 29.5. The third-order valence-corrected chi connectivity index (χ3v) is 2.57. The number of aromatic nitrogens is 1. The van der Waals surface area contributed by atoms with Gasteiger partial charge in [-0.05, 0) is 22.0 Å². The number of carbonyl (C=O) groups is 1. The van der Waals surface area contributed by atoms with Crippen LogP contribution in [0.3, 0.4) is 0 Å². The number of carbonyl (C=O) groups excluding carboxylic acids is 1. The van der Waals surface area contributed by atoms with E-state index in [-0.39, 0.29) is 16.6 Å². The zero-order chi connectivity index (χ0) is 13.9.